The molecule has 0 amide bonds. The van der Waals surface area contributed by atoms with Gasteiger partial charge in [-0.1, -0.05) is 36.4 Å². The summed E-state index contributed by atoms with van der Waals surface area (Å²) in [5, 5.41) is 13.3. The number of pyridine rings is 1. The number of aryl methyl sites for hydroxylation is 1. The van der Waals surface area contributed by atoms with Gasteiger partial charge in [0.2, 0.25) is 5.95 Å². The highest BCUT2D eigenvalue weighted by Crippen LogP contribution is 2.11. The second kappa shape index (κ2) is 7.86. The van der Waals surface area contributed by atoms with Gasteiger partial charge in [-0.15, -0.1) is 0 Å². The van der Waals surface area contributed by atoms with Gasteiger partial charge in [-0.3, -0.25) is 0 Å². The molecule has 1 heterocycles. The molecular formula is C17H21FN2O. The van der Waals surface area contributed by atoms with Gasteiger partial charge in [-0.05, 0) is 31.4 Å². The number of aromatic nitrogens is 1. The van der Waals surface area contributed by atoms with E-state index in [0.717, 1.165) is 12.8 Å². The maximum absolute atomic E-state index is 12.7. The second-order valence-corrected chi connectivity index (χ2v) is 5.26. The van der Waals surface area contributed by atoms with Crippen molar-refractivity contribution in [2.45, 2.75) is 31.9 Å². The van der Waals surface area contributed by atoms with E-state index in [9.17, 15) is 9.50 Å². The molecule has 4 heteroatoms. The number of nitrogens with one attached hydrogen (secondary N) is 1. The average Bonchev–Trinajstić information content (AvgIpc) is 2.52. The Morgan fingerprint density at radius 3 is 2.62 bits per heavy atom. The normalized spacial score (nSPS) is 13.9. The van der Waals surface area contributed by atoms with Crippen LogP contribution in [0.3, 0.4) is 0 Å². The molecule has 2 atom stereocenters. The number of nitrogens with zero attached hydrogens (tertiary/aromatic N) is 1. The number of aliphatic hydroxyl groups is 1. The highest BCUT2D eigenvalue weighted by molar-refractivity contribution is 5.15. The first kappa shape index (κ1) is 15.6. The van der Waals surface area contributed by atoms with Crippen molar-refractivity contribution >= 4 is 0 Å². The van der Waals surface area contributed by atoms with Crippen molar-refractivity contribution in [2.24, 2.45) is 0 Å². The lowest BCUT2D eigenvalue weighted by Gasteiger charge is -2.17. The van der Waals surface area contributed by atoms with E-state index in [2.05, 4.69) is 29.4 Å². The molecule has 0 saturated carbocycles. The van der Waals surface area contributed by atoms with Crippen LogP contribution in [0.15, 0.2) is 48.7 Å². The average molecular weight is 288 g/mol. The van der Waals surface area contributed by atoms with E-state index in [0.29, 0.717) is 18.2 Å². The molecule has 2 unspecified atom stereocenters. The summed E-state index contributed by atoms with van der Waals surface area (Å²) in [6.07, 6.45) is 2.70. The predicted octanol–water partition coefficient (Wildman–Crippen LogP) is 2.87. The molecule has 2 rings (SSSR count). The molecule has 0 aliphatic rings. The summed E-state index contributed by atoms with van der Waals surface area (Å²) in [6, 6.07) is 13.4. The van der Waals surface area contributed by atoms with Gasteiger partial charge in [0.15, 0.2) is 0 Å². The molecule has 2 aromatic rings. The standard InChI is InChI=1S/C17H21FN2O/c1-13(7-8-14-5-3-2-4-6-14)19-12-16(21)15-9-10-17(18)20-11-15/h2-6,9-11,13,16,19,21H,7-8,12H2,1H3. The quantitative estimate of drug-likeness (QED) is 0.770. The van der Waals surface area contributed by atoms with Crippen molar-refractivity contribution in [1.29, 1.82) is 0 Å². The van der Waals surface area contributed by atoms with Crippen LogP contribution in [-0.2, 0) is 6.42 Å². The van der Waals surface area contributed by atoms with Crippen molar-refractivity contribution in [3.63, 3.8) is 0 Å². The van der Waals surface area contributed by atoms with Crippen molar-refractivity contribution in [2.75, 3.05) is 6.54 Å². The fourth-order valence-electron chi connectivity index (χ4n) is 2.14. The molecule has 0 aliphatic carbocycles. The molecule has 0 saturated heterocycles. The van der Waals surface area contributed by atoms with E-state index in [1.54, 1.807) is 6.07 Å². The summed E-state index contributed by atoms with van der Waals surface area (Å²) in [5.41, 5.74) is 1.94. The summed E-state index contributed by atoms with van der Waals surface area (Å²) >= 11 is 0. The first-order valence-electron chi connectivity index (χ1n) is 7.22. The van der Waals surface area contributed by atoms with Gasteiger partial charge in [0.05, 0.1) is 6.10 Å². The molecule has 0 aliphatic heterocycles. The van der Waals surface area contributed by atoms with Gasteiger partial charge in [-0.25, -0.2) is 4.98 Å². The number of rotatable bonds is 7. The van der Waals surface area contributed by atoms with Crippen molar-refractivity contribution in [3.8, 4) is 0 Å². The largest absolute Gasteiger partial charge is 0.387 e. The summed E-state index contributed by atoms with van der Waals surface area (Å²) < 4.78 is 12.7. The Morgan fingerprint density at radius 1 is 1.19 bits per heavy atom. The summed E-state index contributed by atoms with van der Waals surface area (Å²) in [5.74, 6) is -0.532. The Morgan fingerprint density at radius 2 is 1.95 bits per heavy atom. The Balaban J connectivity index is 1.73. The van der Waals surface area contributed by atoms with Gasteiger partial charge >= 0.3 is 0 Å². The number of benzene rings is 1. The molecule has 1 aromatic heterocycles. The van der Waals surface area contributed by atoms with Gasteiger partial charge in [0.1, 0.15) is 0 Å². The zero-order chi connectivity index (χ0) is 15.1. The van der Waals surface area contributed by atoms with E-state index >= 15 is 0 Å². The summed E-state index contributed by atoms with van der Waals surface area (Å²) in [6.45, 7) is 2.53. The zero-order valence-corrected chi connectivity index (χ0v) is 12.2. The smallest absolute Gasteiger partial charge is 0.212 e. The third-order valence-corrected chi connectivity index (χ3v) is 3.50. The molecular weight excluding hydrogens is 267 g/mol. The lowest BCUT2D eigenvalue weighted by molar-refractivity contribution is 0.169. The molecule has 112 valence electrons. The van der Waals surface area contributed by atoms with Gasteiger partial charge < -0.3 is 10.4 Å². The Kier molecular flexibility index (Phi) is 5.84. The van der Waals surface area contributed by atoms with E-state index in [-0.39, 0.29) is 0 Å². The van der Waals surface area contributed by atoms with Crippen LogP contribution in [-0.4, -0.2) is 22.7 Å². The molecule has 0 radical (unpaired) electrons. The molecule has 21 heavy (non-hydrogen) atoms. The summed E-state index contributed by atoms with van der Waals surface area (Å²) in [4.78, 5) is 3.55. The highest BCUT2D eigenvalue weighted by atomic mass is 19.1. The van der Waals surface area contributed by atoms with Crippen LogP contribution in [0.2, 0.25) is 0 Å². The van der Waals surface area contributed by atoms with E-state index in [4.69, 9.17) is 0 Å². The van der Waals surface area contributed by atoms with Crippen LogP contribution in [0.1, 0.15) is 30.6 Å². The van der Waals surface area contributed by atoms with Gasteiger partial charge in [-0.2, -0.15) is 4.39 Å². The summed E-state index contributed by atoms with van der Waals surface area (Å²) in [7, 11) is 0. The number of halogens is 1. The Hall–Kier alpha value is -1.78. The number of aliphatic hydroxyl groups excluding tert-OH is 1. The van der Waals surface area contributed by atoms with Crippen LogP contribution in [0.25, 0.3) is 0 Å². The number of hydrogen-bond acceptors (Lipinski definition) is 3. The third-order valence-electron chi connectivity index (χ3n) is 3.50. The minimum atomic E-state index is -0.669. The van der Waals surface area contributed by atoms with Crippen LogP contribution in [0.4, 0.5) is 4.39 Å². The molecule has 0 bridgehead atoms. The fraction of sp³-hybridized carbons (Fsp3) is 0.353. The molecule has 0 spiro atoms. The monoisotopic (exact) mass is 288 g/mol. The zero-order valence-electron chi connectivity index (χ0n) is 12.2. The van der Waals surface area contributed by atoms with Crippen LogP contribution < -0.4 is 5.32 Å². The minimum Gasteiger partial charge on any atom is -0.387 e. The highest BCUT2D eigenvalue weighted by Gasteiger charge is 2.10. The lowest BCUT2D eigenvalue weighted by Crippen LogP contribution is -2.30. The number of hydrogen-bond donors (Lipinski definition) is 2. The van der Waals surface area contributed by atoms with Crippen LogP contribution in [0, 0.1) is 5.95 Å². The van der Waals surface area contributed by atoms with Crippen LogP contribution >= 0.6 is 0 Å². The minimum absolute atomic E-state index is 0.299. The maximum Gasteiger partial charge on any atom is 0.212 e. The maximum atomic E-state index is 12.7. The van der Waals surface area contributed by atoms with Crippen LogP contribution in [0.5, 0.6) is 0 Å². The first-order valence-corrected chi connectivity index (χ1v) is 7.22. The van der Waals surface area contributed by atoms with Gasteiger partial charge in [0, 0.05) is 24.3 Å². The lowest BCUT2D eigenvalue weighted by atomic mass is 10.1. The Labute approximate surface area is 124 Å². The van der Waals surface area contributed by atoms with Crippen molar-refractivity contribution in [1.82, 2.24) is 10.3 Å². The molecule has 0 fully saturated rings. The first-order chi connectivity index (χ1) is 10.1. The second-order valence-electron chi connectivity index (χ2n) is 5.26. The van der Waals surface area contributed by atoms with E-state index < -0.39 is 12.1 Å². The molecule has 2 N–H and O–H groups in total. The third kappa shape index (κ3) is 5.25. The molecule has 3 nitrogen and oxygen atoms in total. The van der Waals surface area contributed by atoms with Gasteiger partial charge in [0.25, 0.3) is 0 Å². The Bertz CT molecular complexity index is 530. The van der Waals surface area contributed by atoms with Crippen molar-refractivity contribution in [3.05, 3.63) is 65.7 Å². The van der Waals surface area contributed by atoms with Crippen molar-refractivity contribution < 1.29 is 9.50 Å². The van der Waals surface area contributed by atoms with E-state index in [1.807, 2.05) is 18.2 Å². The van der Waals surface area contributed by atoms with E-state index in [1.165, 1.54) is 17.8 Å². The fourth-order valence-corrected chi connectivity index (χ4v) is 2.14. The topological polar surface area (TPSA) is 45.1 Å². The molecule has 1 aromatic carbocycles. The SMILES string of the molecule is CC(CCc1ccccc1)NCC(O)c1ccc(F)nc1. The predicted molar refractivity (Wildman–Crippen MR) is 81.4 cm³/mol.